The van der Waals surface area contributed by atoms with Crippen LogP contribution in [0.1, 0.15) is 10.4 Å². The number of hydrogen-bond donors (Lipinski definition) is 1. The van der Waals surface area contributed by atoms with Crippen LogP contribution in [0.4, 0.5) is 0 Å². The molecule has 6 heteroatoms. The van der Waals surface area contributed by atoms with E-state index in [0.29, 0.717) is 24.7 Å². The Kier molecular flexibility index (Phi) is 4.02. The van der Waals surface area contributed by atoms with E-state index in [1.54, 1.807) is 23.0 Å². The molecule has 0 saturated heterocycles. The molecular formula is C13H14N2O4. The Balaban J connectivity index is 2.04. The maximum absolute atomic E-state index is 11.1. The number of hydrogen-bond acceptors (Lipinski definition) is 4. The van der Waals surface area contributed by atoms with Gasteiger partial charge in [0.25, 0.3) is 0 Å². The standard InChI is InChI=1S/C13H14N2O4/c1-18-10-3-4-12(11(9-10)13(16)17)19-8-7-15-6-2-5-14-15/h2-6,9H,7-8H2,1H3,(H,16,17). The van der Waals surface area contributed by atoms with Crippen molar-refractivity contribution in [3.8, 4) is 11.5 Å². The molecule has 1 aromatic carbocycles. The molecule has 0 aliphatic heterocycles. The first-order chi connectivity index (χ1) is 9.20. The van der Waals surface area contributed by atoms with Gasteiger partial charge >= 0.3 is 5.97 Å². The number of ether oxygens (including phenoxy) is 2. The summed E-state index contributed by atoms with van der Waals surface area (Å²) in [4.78, 5) is 11.1. The predicted octanol–water partition coefficient (Wildman–Crippen LogP) is 1.67. The molecule has 1 heterocycles. The second-order valence-corrected chi connectivity index (χ2v) is 3.78. The number of carbonyl (C=O) groups is 1. The fourth-order valence-corrected chi connectivity index (χ4v) is 1.61. The van der Waals surface area contributed by atoms with Gasteiger partial charge in [-0.1, -0.05) is 0 Å². The number of aromatic carboxylic acids is 1. The minimum absolute atomic E-state index is 0.0832. The van der Waals surface area contributed by atoms with Crippen LogP contribution in [0.15, 0.2) is 36.7 Å². The van der Waals surface area contributed by atoms with E-state index in [0.717, 1.165) is 0 Å². The number of carboxylic acids is 1. The van der Waals surface area contributed by atoms with Gasteiger partial charge in [-0.05, 0) is 24.3 Å². The van der Waals surface area contributed by atoms with E-state index in [1.165, 1.54) is 13.2 Å². The van der Waals surface area contributed by atoms with Crippen LogP contribution in [-0.2, 0) is 6.54 Å². The Labute approximate surface area is 110 Å². The summed E-state index contributed by atoms with van der Waals surface area (Å²) in [7, 11) is 1.49. The zero-order valence-electron chi connectivity index (χ0n) is 10.4. The molecule has 0 bridgehead atoms. The zero-order valence-corrected chi connectivity index (χ0v) is 10.4. The normalized spacial score (nSPS) is 10.2. The van der Waals surface area contributed by atoms with Gasteiger partial charge in [-0.25, -0.2) is 4.79 Å². The van der Waals surface area contributed by atoms with Gasteiger partial charge in [0.15, 0.2) is 0 Å². The lowest BCUT2D eigenvalue weighted by Crippen LogP contribution is -2.10. The summed E-state index contributed by atoms with van der Waals surface area (Å²) >= 11 is 0. The number of aromatic nitrogens is 2. The van der Waals surface area contributed by atoms with Crippen molar-refractivity contribution in [2.24, 2.45) is 0 Å². The van der Waals surface area contributed by atoms with Gasteiger partial charge < -0.3 is 14.6 Å². The monoisotopic (exact) mass is 262 g/mol. The lowest BCUT2D eigenvalue weighted by Gasteiger charge is -2.10. The van der Waals surface area contributed by atoms with Crippen molar-refractivity contribution in [1.29, 1.82) is 0 Å². The van der Waals surface area contributed by atoms with Gasteiger partial charge in [0, 0.05) is 12.4 Å². The van der Waals surface area contributed by atoms with Gasteiger partial charge in [0.05, 0.1) is 13.7 Å². The molecule has 0 radical (unpaired) electrons. The zero-order chi connectivity index (χ0) is 13.7. The van der Waals surface area contributed by atoms with Crippen LogP contribution in [0.2, 0.25) is 0 Å². The molecule has 2 rings (SSSR count). The predicted molar refractivity (Wildman–Crippen MR) is 67.7 cm³/mol. The van der Waals surface area contributed by atoms with Crippen LogP contribution >= 0.6 is 0 Å². The summed E-state index contributed by atoms with van der Waals surface area (Å²) in [6.45, 7) is 0.895. The van der Waals surface area contributed by atoms with E-state index in [1.807, 2.05) is 12.3 Å². The van der Waals surface area contributed by atoms with Gasteiger partial charge in [-0.15, -0.1) is 0 Å². The Hall–Kier alpha value is -2.50. The molecule has 19 heavy (non-hydrogen) atoms. The first-order valence-electron chi connectivity index (χ1n) is 5.72. The number of nitrogens with zero attached hydrogens (tertiary/aromatic N) is 2. The molecule has 0 amide bonds. The largest absolute Gasteiger partial charge is 0.497 e. The number of methoxy groups -OCH3 is 1. The van der Waals surface area contributed by atoms with Crippen LogP contribution in [0, 0.1) is 0 Å². The van der Waals surface area contributed by atoms with Crippen LogP contribution in [-0.4, -0.2) is 34.6 Å². The van der Waals surface area contributed by atoms with Crippen LogP contribution in [0.25, 0.3) is 0 Å². The van der Waals surface area contributed by atoms with Crippen molar-refractivity contribution < 1.29 is 19.4 Å². The average molecular weight is 262 g/mol. The molecule has 0 unspecified atom stereocenters. The van der Waals surface area contributed by atoms with Gasteiger partial charge in [0.2, 0.25) is 0 Å². The third kappa shape index (κ3) is 3.25. The van der Waals surface area contributed by atoms with Crippen molar-refractivity contribution in [2.75, 3.05) is 13.7 Å². The molecule has 0 atom stereocenters. The van der Waals surface area contributed by atoms with E-state index in [4.69, 9.17) is 14.6 Å². The summed E-state index contributed by atoms with van der Waals surface area (Å²) in [5.74, 6) is -0.245. The van der Waals surface area contributed by atoms with Crippen molar-refractivity contribution in [2.45, 2.75) is 6.54 Å². The summed E-state index contributed by atoms with van der Waals surface area (Å²) in [5.41, 5.74) is 0.0832. The fourth-order valence-electron chi connectivity index (χ4n) is 1.61. The Bertz CT molecular complexity index is 552. The highest BCUT2D eigenvalue weighted by Gasteiger charge is 2.12. The number of benzene rings is 1. The number of rotatable bonds is 6. The maximum Gasteiger partial charge on any atom is 0.339 e. The third-order valence-corrected chi connectivity index (χ3v) is 2.55. The Morgan fingerprint density at radius 2 is 2.32 bits per heavy atom. The quantitative estimate of drug-likeness (QED) is 0.857. The Morgan fingerprint density at radius 1 is 1.47 bits per heavy atom. The second-order valence-electron chi connectivity index (χ2n) is 3.78. The molecule has 1 aromatic heterocycles. The minimum atomic E-state index is -1.05. The molecule has 0 fully saturated rings. The summed E-state index contributed by atoms with van der Waals surface area (Å²) in [6, 6.07) is 6.50. The summed E-state index contributed by atoms with van der Waals surface area (Å²) < 4.78 is 12.2. The SMILES string of the molecule is COc1ccc(OCCn2cccn2)c(C(=O)O)c1. The fraction of sp³-hybridized carbons (Fsp3) is 0.231. The molecule has 0 spiro atoms. The molecule has 6 nitrogen and oxygen atoms in total. The molecule has 100 valence electrons. The van der Waals surface area contributed by atoms with E-state index in [9.17, 15) is 4.79 Å². The van der Waals surface area contributed by atoms with E-state index in [2.05, 4.69) is 5.10 Å². The van der Waals surface area contributed by atoms with Crippen LogP contribution < -0.4 is 9.47 Å². The van der Waals surface area contributed by atoms with Gasteiger partial charge in [-0.2, -0.15) is 5.10 Å². The van der Waals surface area contributed by atoms with E-state index < -0.39 is 5.97 Å². The maximum atomic E-state index is 11.1. The topological polar surface area (TPSA) is 73.6 Å². The lowest BCUT2D eigenvalue weighted by atomic mass is 10.2. The molecule has 0 aliphatic carbocycles. The lowest BCUT2D eigenvalue weighted by molar-refractivity contribution is 0.0691. The van der Waals surface area contributed by atoms with Gasteiger partial charge in [0.1, 0.15) is 23.7 Å². The van der Waals surface area contributed by atoms with E-state index in [-0.39, 0.29) is 5.56 Å². The molecule has 2 aromatic rings. The molecular weight excluding hydrogens is 248 g/mol. The Morgan fingerprint density at radius 3 is 2.95 bits per heavy atom. The highest BCUT2D eigenvalue weighted by atomic mass is 16.5. The highest BCUT2D eigenvalue weighted by molar-refractivity contribution is 5.91. The van der Waals surface area contributed by atoms with Crippen LogP contribution in [0.3, 0.4) is 0 Å². The van der Waals surface area contributed by atoms with Crippen molar-refractivity contribution in [3.63, 3.8) is 0 Å². The molecule has 1 N–H and O–H groups in total. The second kappa shape index (κ2) is 5.90. The third-order valence-electron chi connectivity index (χ3n) is 2.55. The van der Waals surface area contributed by atoms with Crippen molar-refractivity contribution >= 4 is 5.97 Å². The minimum Gasteiger partial charge on any atom is -0.497 e. The van der Waals surface area contributed by atoms with Gasteiger partial charge in [-0.3, -0.25) is 4.68 Å². The van der Waals surface area contributed by atoms with E-state index >= 15 is 0 Å². The average Bonchev–Trinajstić information content (AvgIpc) is 2.92. The van der Waals surface area contributed by atoms with Crippen molar-refractivity contribution in [1.82, 2.24) is 9.78 Å². The molecule has 0 saturated carbocycles. The summed E-state index contributed by atoms with van der Waals surface area (Å²) in [6.07, 6.45) is 3.49. The number of carboxylic acid groups (broad SMARTS) is 1. The summed E-state index contributed by atoms with van der Waals surface area (Å²) in [5, 5.41) is 13.1. The highest BCUT2D eigenvalue weighted by Crippen LogP contribution is 2.24. The first-order valence-corrected chi connectivity index (χ1v) is 5.72. The van der Waals surface area contributed by atoms with Crippen molar-refractivity contribution in [3.05, 3.63) is 42.2 Å². The first kappa shape index (κ1) is 12.9. The van der Waals surface area contributed by atoms with Crippen LogP contribution in [0.5, 0.6) is 11.5 Å². The molecule has 0 aliphatic rings. The smallest absolute Gasteiger partial charge is 0.339 e.